The first-order valence-electron chi connectivity index (χ1n) is 8.46. The zero-order valence-electron chi connectivity index (χ0n) is 14.3. The summed E-state index contributed by atoms with van der Waals surface area (Å²) in [4.78, 5) is 32.1. The molecule has 1 aromatic carbocycles. The van der Waals surface area contributed by atoms with Gasteiger partial charge in [-0.1, -0.05) is 24.3 Å². The SMILES string of the molecule is O=C(Cc1ccccc1F)OCC(=O)N1CCN(c2ccccn2)CC1. The summed E-state index contributed by atoms with van der Waals surface area (Å²) in [7, 11) is 0. The number of carbonyl (C=O) groups is 2. The summed E-state index contributed by atoms with van der Waals surface area (Å²) >= 11 is 0. The third-order valence-corrected chi connectivity index (χ3v) is 4.25. The molecular formula is C19H20FN3O3. The highest BCUT2D eigenvalue weighted by molar-refractivity contribution is 5.81. The van der Waals surface area contributed by atoms with Crippen LogP contribution < -0.4 is 4.90 Å². The predicted molar refractivity (Wildman–Crippen MR) is 94.1 cm³/mol. The molecule has 0 saturated carbocycles. The van der Waals surface area contributed by atoms with Crippen LogP contribution in [-0.4, -0.2) is 54.5 Å². The molecule has 0 spiro atoms. The molecule has 1 aliphatic heterocycles. The number of pyridine rings is 1. The molecule has 1 aromatic heterocycles. The topological polar surface area (TPSA) is 62.7 Å². The number of esters is 1. The fraction of sp³-hybridized carbons (Fsp3) is 0.316. The summed E-state index contributed by atoms with van der Waals surface area (Å²) in [6, 6.07) is 11.7. The fourth-order valence-electron chi connectivity index (χ4n) is 2.81. The van der Waals surface area contributed by atoms with Crippen LogP contribution in [0.2, 0.25) is 0 Å². The Kier molecular flexibility index (Phi) is 5.78. The third kappa shape index (κ3) is 4.56. The molecule has 0 radical (unpaired) electrons. The van der Waals surface area contributed by atoms with Crippen LogP contribution in [0.4, 0.5) is 10.2 Å². The van der Waals surface area contributed by atoms with Crippen molar-refractivity contribution >= 4 is 17.7 Å². The van der Waals surface area contributed by atoms with Crippen LogP contribution in [0.15, 0.2) is 48.7 Å². The second-order valence-corrected chi connectivity index (χ2v) is 5.98. The van der Waals surface area contributed by atoms with E-state index in [0.29, 0.717) is 26.2 Å². The minimum atomic E-state index is -0.615. The number of hydrogen-bond acceptors (Lipinski definition) is 5. The van der Waals surface area contributed by atoms with E-state index in [4.69, 9.17) is 4.74 Å². The first kappa shape index (κ1) is 17.8. The molecule has 0 unspecified atom stereocenters. The summed E-state index contributed by atoms with van der Waals surface area (Å²) < 4.78 is 18.5. The van der Waals surface area contributed by atoms with E-state index < -0.39 is 11.8 Å². The molecule has 2 aromatic rings. The highest BCUT2D eigenvalue weighted by Crippen LogP contribution is 2.13. The molecule has 0 bridgehead atoms. The van der Waals surface area contributed by atoms with Crippen LogP contribution >= 0.6 is 0 Å². The molecule has 0 N–H and O–H groups in total. The van der Waals surface area contributed by atoms with Crippen molar-refractivity contribution < 1.29 is 18.7 Å². The van der Waals surface area contributed by atoms with E-state index in [1.54, 1.807) is 23.2 Å². The Morgan fingerprint density at radius 2 is 1.77 bits per heavy atom. The van der Waals surface area contributed by atoms with Gasteiger partial charge in [0.1, 0.15) is 11.6 Å². The minimum Gasteiger partial charge on any atom is -0.455 e. The van der Waals surface area contributed by atoms with Crippen LogP contribution in [0.5, 0.6) is 0 Å². The van der Waals surface area contributed by atoms with Gasteiger partial charge in [-0.15, -0.1) is 0 Å². The number of nitrogens with zero attached hydrogens (tertiary/aromatic N) is 3. The van der Waals surface area contributed by atoms with E-state index in [0.717, 1.165) is 5.82 Å². The van der Waals surface area contributed by atoms with Gasteiger partial charge in [-0.05, 0) is 23.8 Å². The van der Waals surface area contributed by atoms with Gasteiger partial charge in [-0.25, -0.2) is 9.37 Å². The molecular weight excluding hydrogens is 337 g/mol. The predicted octanol–water partition coefficient (Wildman–Crippen LogP) is 1.66. The summed E-state index contributed by atoms with van der Waals surface area (Å²) in [5, 5.41) is 0. The normalized spacial score (nSPS) is 14.2. The maximum Gasteiger partial charge on any atom is 0.310 e. The van der Waals surface area contributed by atoms with Crippen molar-refractivity contribution in [1.82, 2.24) is 9.88 Å². The number of hydrogen-bond donors (Lipinski definition) is 0. The molecule has 1 aliphatic rings. The Labute approximate surface area is 151 Å². The third-order valence-electron chi connectivity index (χ3n) is 4.25. The lowest BCUT2D eigenvalue weighted by Crippen LogP contribution is -2.50. The van der Waals surface area contributed by atoms with E-state index in [2.05, 4.69) is 9.88 Å². The van der Waals surface area contributed by atoms with Gasteiger partial charge in [0.25, 0.3) is 5.91 Å². The first-order chi connectivity index (χ1) is 12.6. The second-order valence-electron chi connectivity index (χ2n) is 5.98. The van der Waals surface area contributed by atoms with Crippen molar-refractivity contribution in [3.63, 3.8) is 0 Å². The number of carbonyl (C=O) groups excluding carboxylic acids is 2. The maximum absolute atomic E-state index is 13.5. The molecule has 3 rings (SSSR count). The molecule has 26 heavy (non-hydrogen) atoms. The smallest absolute Gasteiger partial charge is 0.310 e. The van der Waals surface area contributed by atoms with Crippen molar-refractivity contribution in [2.75, 3.05) is 37.7 Å². The molecule has 0 aliphatic carbocycles. The zero-order chi connectivity index (χ0) is 18.4. The number of rotatable bonds is 5. The first-order valence-corrected chi connectivity index (χ1v) is 8.46. The van der Waals surface area contributed by atoms with Gasteiger partial charge in [0.2, 0.25) is 0 Å². The summed E-state index contributed by atoms with van der Waals surface area (Å²) in [6.07, 6.45) is 1.55. The summed E-state index contributed by atoms with van der Waals surface area (Å²) in [6.45, 7) is 2.11. The number of amides is 1. The highest BCUT2D eigenvalue weighted by Gasteiger charge is 2.22. The van der Waals surface area contributed by atoms with Crippen LogP contribution in [0.1, 0.15) is 5.56 Å². The van der Waals surface area contributed by atoms with Crippen molar-refractivity contribution in [3.8, 4) is 0 Å². The van der Waals surface area contributed by atoms with Crippen LogP contribution in [0, 0.1) is 5.82 Å². The van der Waals surface area contributed by atoms with Crippen molar-refractivity contribution in [2.24, 2.45) is 0 Å². The van der Waals surface area contributed by atoms with Crippen LogP contribution in [0.3, 0.4) is 0 Å². The largest absolute Gasteiger partial charge is 0.455 e. The van der Waals surface area contributed by atoms with Gasteiger partial charge >= 0.3 is 5.97 Å². The molecule has 0 atom stereocenters. The number of halogens is 1. The summed E-state index contributed by atoms with van der Waals surface area (Å²) in [5.74, 6) is -0.430. The lowest BCUT2D eigenvalue weighted by Gasteiger charge is -2.35. The van der Waals surface area contributed by atoms with Gasteiger partial charge in [0.15, 0.2) is 6.61 Å². The van der Waals surface area contributed by atoms with Gasteiger partial charge in [-0.2, -0.15) is 0 Å². The number of benzene rings is 1. The van der Waals surface area contributed by atoms with E-state index in [-0.39, 0.29) is 24.5 Å². The molecule has 2 heterocycles. The molecule has 1 saturated heterocycles. The number of aromatic nitrogens is 1. The zero-order valence-corrected chi connectivity index (χ0v) is 14.3. The molecule has 1 fully saturated rings. The average Bonchev–Trinajstić information content (AvgIpc) is 2.69. The molecule has 6 nitrogen and oxygen atoms in total. The highest BCUT2D eigenvalue weighted by atomic mass is 19.1. The Hall–Kier alpha value is -2.96. The molecule has 136 valence electrons. The Morgan fingerprint density at radius 1 is 1.04 bits per heavy atom. The van der Waals surface area contributed by atoms with Gasteiger partial charge < -0.3 is 14.5 Å². The average molecular weight is 357 g/mol. The monoisotopic (exact) mass is 357 g/mol. The van der Waals surface area contributed by atoms with Gasteiger partial charge in [0, 0.05) is 32.4 Å². The van der Waals surface area contributed by atoms with Gasteiger partial charge in [0.05, 0.1) is 6.42 Å². The quantitative estimate of drug-likeness (QED) is 0.762. The summed E-state index contributed by atoms with van der Waals surface area (Å²) in [5.41, 5.74) is 0.258. The standard InChI is InChI=1S/C19H20FN3O3/c20-16-6-2-1-5-15(16)13-19(25)26-14-18(24)23-11-9-22(10-12-23)17-7-3-4-8-21-17/h1-8H,9-14H2. The number of anilines is 1. The van der Waals surface area contributed by atoms with Crippen molar-refractivity contribution in [1.29, 1.82) is 0 Å². The molecule has 7 heteroatoms. The maximum atomic E-state index is 13.5. The van der Waals surface area contributed by atoms with Gasteiger partial charge in [-0.3, -0.25) is 9.59 Å². The van der Waals surface area contributed by atoms with Crippen molar-refractivity contribution in [2.45, 2.75) is 6.42 Å². The molecule has 1 amide bonds. The number of ether oxygens (including phenoxy) is 1. The van der Waals surface area contributed by atoms with E-state index in [1.807, 2.05) is 18.2 Å². The Bertz CT molecular complexity index is 762. The van der Waals surface area contributed by atoms with Crippen LogP contribution in [0.25, 0.3) is 0 Å². The lowest BCUT2D eigenvalue weighted by atomic mass is 10.1. The number of piperazine rings is 1. The van der Waals surface area contributed by atoms with Crippen LogP contribution in [-0.2, 0) is 20.7 Å². The Balaban J connectivity index is 1.43. The fourth-order valence-corrected chi connectivity index (χ4v) is 2.81. The van der Waals surface area contributed by atoms with E-state index >= 15 is 0 Å². The minimum absolute atomic E-state index is 0.187. The van der Waals surface area contributed by atoms with E-state index in [1.165, 1.54) is 12.1 Å². The Morgan fingerprint density at radius 3 is 2.46 bits per heavy atom. The van der Waals surface area contributed by atoms with E-state index in [9.17, 15) is 14.0 Å². The second kappa shape index (κ2) is 8.42. The lowest BCUT2D eigenvalue weighted by molar-refractivity contribution is -0.151. The van der Waals surface area contributed by atoms with Crippen molar-refractivity contribution in [3.05, 3.63) is 60.0 Å².